The van der Waals surface area contributed by atoms with E-state index >= 15 is 0 Å². The van der Waals surface area contributed by atoms with Gasteiger partial charge in [-0.1, -0.05) is 42.5 Å². The van der Waals surface area contributed by atoms with Gasteiger partial charge in [-0.3, -0.25) is 35.1 Å². The fourth-order valence-electron chi connectivity index (χ4n) is 2.93. The highest BCUT2D eigenvalue weighted by Gasteiger charge is 2.21. The molecule has 3 rings (SSSR count). The standard InChI is InChI=1S/C22H17N5O6S/c28-20(15-10-16(26(30)31)12-17(11-15)27(32)33)25-22(34)24-19-9-5-4-8-18(19)21(29)23-13-14-6-2-1-3-7-14/h1-12H,13H2,(H,23,29)(H2,24,25,28,34). The first-order valence-corrected chi connectivity index (χ1v) is 10.1. The summed E-state index contributed by atoms with van der Waals surface area (Å²) in [6, 6.07) is 18.3. The van der Waals surface area contributed by atoms with Gasteiger partial charge in [0.15, 0.2) is 5.11 Å². The Balaban J connectivity index is 1.71. The molecule has 0 radical (unpaired) electrons. The first-order valence-electron chi connectivity index (χ1n) is 9.72. The van der Waals surface area contributed by atoms with Crippen LogP contribution in [-0.4, -0.2) is 26.8 Å². The monoisotopic (exact) mass is 479 g/mol. The molecule has 0 saturated heterocycles. The van der Waals surface area contributed by atoms with Crippen LogP contribution in [0.3, 0.4) is 0 Å². The van der Waals surface area contributed by atoms with Crippen LogP contribution in [0.25, 0.3) is 0 Å². The van der Waals surface area contributed by atoms with Crippen LogP contribution < -0.4 is 16.0 Å². The normalized spacial score (nSPS) is 10.1. The van der Waals surface area contributed by atoms with E-state index in [4.69, 9.17) is 12.2 Å². The van der Waals surface area contributed by atoms with E-state index < -0.39 is 27.1 Å². The number of rotatable bonds is 7. The second kappa shape index (κ2) is 10.7. The maximum Gasteiger partial charge on any atom is 0.277 e. The van der Waals surface area contributed by atoms with E-state index in [1.165, 1.54) is 0 Å². The molecule has 0 saturated carbocycles. The van der Waals surface area contributed by atoms with Gasteiger partial charge in [-0.15, -0.1) is 0 Å². The lowest BCUT2D eigenvalue weighted by atomic mass is 10.1. The molecule has 0 aliphatic carbocycles. The van der Waals surface area contributed by atoms with E-state index in [1.807, 2.05) is 30.3 Å². The number of hydrogen-bond donors (Lipinski definition) is 3. The van der Waals surface area contributed by atoms with Crippen LogP contribution in [-0.2, 0) is 6.54 Å². The van der Waals surface area contributed by atoms with Crippen LogP contribution >= 0.6 is 12.2 Å². The Morgan fingerprint density at radius 2 is 1.41 bits per heavy atom. The molecule has 0 aromatic heterocycles. The Kier molecular flexibility index (Phi) is 7.56. The summed E-state index contributed by atoms with van der Waals surface area (Å²) in [4.78, 5) is 45.6. The minimum atomic E-state index is -0.893. The van der Waals surface area contributed by atoms with Gasteiger partial charge in [0, 0.05) is 18.7 Å². The van der Waals surface area contributed by atoms with Gasteiger partial charge < -0.3 is 10.6 Å². The molecule has 0 fully saturated rings. The number of carbonyl (C=O) groups is 2. The lowest BCUT2D eigenvalue weighted by Gasteiger charge is -2.13. The first-order chi connectivity index (χ1) is 16.2. The van der Waals surface area contributed by atoms with Crippen molar-refractivity contribution < 1.29 is 19.4 Å². The Morgan fingerprint density at radius 3 is 2.03 bits per heavy atom. The molecular formula is C22H17N5O6S. The minimum absolute atomic E-state index is 0.206. The third-order valence-electron chi connectivity index (χ3n) is 4.53. The molecule has 34 heavy (non-hydrogen) atoms. The lowest BCUT2D eigenvalue weighted by molar-refractivity contribution is -0.394. The maximum atomic E-state index is 12.7. The van der Waals surface area contributed by atoms with Crippen molar-refractivity contribution in [1.29, 1.82) is 0 Å². The Bertz CT molecular complexity index is 1250. The molecule has 172 valence electrons. The molecule has 0 aliphatic rings. The zero-order chi connectivity index (χ0) is 24.7. The molecule has 3 aromatic rings. The second-order valence-electron chi connectivity index (χ2n) is 6.87. The van der Waals surface area contributed by atoms with Crippen LogP contribution in [0.1, 0.15) is 26.3 Å². The van der Waals surface area contributed by atoms with Gasteiger partial charge in [0.05, 0.1) is 32.7 Å². The van der Waals surface area contributed by atoms with E-state index in [0.717, 1.165) is 23.8 Å². The van der Waals surface area contributed by atoms with Gasteiger partial charge in [-0.25, -0.2) is 0 Å². The molecule has 0 bridgehead atoms. The summed E-state index contributed by atoms with van der Waals surface area (Å²) in [5.41, 5.74) is -0.0595. The van der Waals surface area contributed by atoms with Gasteiger partial charge >= 0.3 is 0 Å². The quantitative estimate of drug-likeness (QED) is 0.264. The van der Waals surface area contributed by atoms with Crippen molar-refractivity contribution in [3.63, 3.8) is 0 Å². The summed E-state index contributed by atoms with van der Waals surface area (Å²) >= 11 is 5.13. The minimum Gasteiger partial charge on any atom is -0.348 e. The summed E-state index contributed by atoms with van der Waals surface area (Å²) in [7, 11) is 0. The maximum absolute atomic E-state index is 12.7. The average molecular weight is 479 g/mol. The molecule has 0 unspecified atom stereocenters. The largest absolute Gasteiger partial charge is 0.348 e. The van der Waals surface area contributed by atoms with Crippen molar-refractivity contribution in [2.24, 2.45) is 0 Å². The van der Waals surface area contributed by atoms with E-state index in [9.17, 15) is 29.8 Å². The number of non-ortho nitro benzene ring substituents is 2. The van der Waals surface area contributed by atoms with Crippen molar-refractivity contribution in [3.8, 4) is 0 Å². The number of nitro groups is 2. The summed E-state index contributed by atoms with van der Waals surface area (Å²) in [6.07, 6.45) is 0. The zero-order valence-corrected chi connectivity index (χ0v) is 18.2. The van der Waals surface area contributed by atoms with E-state index in [0.29, 0.717) is 12.2 Å². The fourth-order valence-corrected chi connectivity index (χ4v) is 3.13. The first kappa shape index (κ1) is 23.9. The number of anilines is 1. The van der Waals surface area contributed by atoms with Crippen LogP contribution in [0.15, 0.2) is 72.8 Å². The zero-order valence-electron chi connectivity index (χ0n) is 17.4. The summed E-state index contributed by atoms with van der Waals surface area (Å²) in [5, 5.41) is 29.7. The number of para-hydroxylation sites is 1. The molecule has 3 aromatic carbocycles. The Hall–Kier alpha value is -4.71. The van der Waals surface area contributed by atoms with E-state index in [-0.39, 0.29) is 22.1 Å². The lowest BCUT2D eigenvalue weighted by Crippen LogP contribution is -2.35. The van der Waals surface area contributed by atoms with Crippen molar-refractivity contribution in [3.05, 3.63) is 110 Å². The van der Waals surface area contributed by atoms with Gasteiger partial charge in [-0.2, -0.15) is 0 Å². The SMILES string of the molecule is O=C(NC(=S)Nc1ccccc1C(=O)NCc1ccccc1)c1cc([N+](=O)[O-])cc([N+](=O)[O-])c1. The van der Waals surface area contributed by atoms with Crippen LogP contribution in [0, 0.1) is 20.2 Å². The summed E-state index contributed by atoms with van der Waals surface area (Å²) < 4.78 is 0. The molecule has 0 atom stereocenters. The topological polar surface area (TPSA) is 157 Å². The van der Waals surface area contributed by atoms with Gasteiger partial charge in [0.2, 0.25) is 0 Å². The number of nitrogens with zero attached hydrogens (tertiary/aromatic N) is 2. The van der Waals surface area contributed by atoms with Crippen LogP contribution in [0.5, 0.6) is 0 Å². The number of nitrogens with one attached hydrogen (secondary N) is 3. The highest BCUT2D eigenvalue weighted by atomic mass is 32.1. The molecule has 12 heteroatoms. The molecule has 11 nitrogen and oxygen atoms in total. The predicted molar refractivity (Wildman–Crippen MR) is 127 cm³/mol. The fraction of sp³-hybridized carbons (Fsp3) is 0.0455. The number of carbonyl (C=O) groups excluding carboxylic acids is 2. The average Bonchev–Trinajstić information content (AvgIpc) is 2.83. The van der Waals surface area contributed by atoms with Crippen LogP contribution in [0.4, 0.5) is 17.1 Å². The molecule has 0 spiro atoms. The number of amides is 2. The van der Waals surface area contributed by atoms with E-state index in [1.54, 1.807) is 24.3 Å². The molecule has 2 amide bonds. The Morgan fingerprint density at radius 1 is 0.824 bits per heavy atom. The number of thiocarbonyl (C=S) groups is 1. The smallest absolute Gasteiger partial charge is 0.277 e. The summed E-state index contributed by atoms with van der Waals surface area (Å²) in [5.74, 6) is -1.27. The van der Waals surface area contributed by atoms with Crippen molar-refractivity contribution in [2.45, 2.75) is 6.54 Å². The number of benzene rings is 3. The van der Waals surface area contributed by atoms with Gasteiger partial charge in [-0.05, 0) is 29.9 Å². The molecule has 0 aliphatic heterocycles. The van der Waals surface area contributed by atoms with Crippen LogP contribution in [0.2, 0.25) is 0 Å². The predicted octanol–water partition coefficient (Wildman–Crippen LogP) is 3.56. The molecular weight excluding hydrogens is 462 g/mol. The van der Waals surface area contributed by atoms with Gasteiger partial charge in [0.25, 0.3) is 23.2 Å². The van der Waals surface area contributed by atoms with Crippen molar-refractivity contribution in [1.82, 2.24) is 10.6 Å². The number of nitro benzene ring substituents is 2. The Labute approximate surface area is 198 Å². The molecule has 3 N–H and O–H groups in total. The van der Waals surface area contributed by atoms with Gasteiger partial charge in [0.1, 0.15) is 0 Å². The van der Waals surface area contributed by atoms with Crippen molar-refractivity contribution in [2.75, 3.05) is 5.32 Å². The van der Waals surface area contributed by atoms with E-state index in [2.05, 4.69) is 16.0 Å². The summed E-state index contributed by atoms with van der Waals surface area (Å²) in [6.45, 7) is 0.306. The number of hydrogen-bond acceptors (Lipinski definition) is 7. The molecule has 0 heterocycles. The second-order valence-corrected chi connectivity index (χ2v) is 7.28. The third-order valence-corrected chi connectivity index (χ3v) is 4.73. The highest BCUT2D eigenvalue weighted by Crippen LogP contribution is 2.23. The van der Waals surface area contributed by atoms with Crippen molar-refractivity contribution >= 4 is 46.2 Å². The highest BCUT2D eigenvalue weighted by molar-refractivity contribution is 7.80. The third kappa shape index (κ3) is 6.17.